The van der Waals surface area contributed by atoms with Crippen LogP contribution < -0.4 is 4.74 Å². The first-order valence-electron chi connectivity index (χ1n) is 6.89. The highest BCUT2D eigenvalue weighted by molar-refractivity contribution is 6.31. The molecule has 1 atom stereocenters. The average molecular weight is 302 g/mol. The van der Waals surface area contributed by atoms with Crippen LogP contribution in [0.5, 0.6) is 5.75 Å². The second-order valence-electron chi connectivity index (χ2n) is 5.44. The van der Waals surface area contributed by atoms with E-state index in [1.54, 1.807) is 4.68 Å². The fourth-order valence-electron chi connectivity index (χ4n) is 2.96. The van der Waals surface area contributed by atoms with Crippen LogP contribution in [0.15, 0.2) is 24.3 Å². The highest BCUT2D eigenvalue weighted by Crippen LogP contribution is 2.41. The molecule has 1 aromatic carbocycles. The van der Waals surface area contributed by atoms with Crippen molar-refractivity contribution in [3.63, 3.8) is 0 Å². The molecule has 0 saturated heterocycles. The maximum Gasteiger partial charge on any atom is 0.124 e. The molecular weight excluding hydrogens is 286 g/mol. The minimum absolute atomic E-state index is 0.541. The van der Waals surface area contributed by atoms with Crippen LogP contribution in [0.2, 0.25) is 5.02 Å². The Morgan fingerprint density at radius 3 is 2.90 bits per heavy atom. The summed E-state index contributed by atoms with van der Waals surface area (Å²) in [5, 5.41) is 14.9. The number of rotatable bonds is 2. The Kier molecular flexibility index (Phi) is 3.38. The van der Waals surface area contributed by atoms with Crippen LogP contribution in [0.25, 0.3) is 0 Å². The molecule has 0 N–H and O–H groups in total. The standard InChI is InChI=1S/C16H16ClN3O/c1-11-15(17)13(20(2)19-11)9-16(10-18)7-8-21-14-6-4-3-5-12(14)16/h3-6H,7-9H2,1-2H3. The summed E-state index contributed by atoms with van der Waals surface area (Å²) in [7, 11) is 1.87. The zero-order chi connectivity index (χ0) is 15.0. The van der Waals surface area contributed by atoms with Crippen LogP contribution in [0.3, 0.4) is 0 Å². The van der Waals surface area contributed by atoms with Crippen molar-refractivity contribution in [2.24, 2.45) is 7.05 Å². The van der Waals surface area contributed by atoms with Crippen LogP contribution in [0, 0.1) is 18.3 Å². The summed E-state index contributed by atoms with van der Waals surface area (Å²) in [5.41, 5.74) is 2.02. The van der Waals surface area contributed by atoms with Crippen LogP contribution in [-0.4, -0.2) is 16.4 Å². The van der Waals surface area contributed by atoms with Gasteiger partial charge in [-0.15, -0.1) is 0 Å². The van der Waals surface area contributed by atoms with Crippen molar-refractivity contribution in [2.45, 2.75) is 25.2 Å². The SMILES string of the molecule is Cc1nn(C)c(CC2(C#N)CCOc3ccccc32)c1Cl. The minimum Gasteiger partial charge on any atom is -0.493 e. The molecule has 5 heteroatoms. The van der Waals surface area contributed by atoms with Gasteiger partial charge in [0.1, 0.15) is 5.75 Å². The third-order valence-electron chi connectivity index (χ3n) is 4.13. The molecule has 1 aliphatic heterocycles. The van der Waals surface area contributed by atoms with Gasteiger partial charge in [0.2, 0.25) is 0 Å². The van der Waals surface area contributed by atoms with Crippen molar-refractivity contribution in [1.29, 1.82) is 5.26 Å². The smallest absolute Gasteiger partial charge is 0.124 e. The normalized spacial score (nSPS) is 20.5. The van der Waals surface area contributed by atoms with Gasteiger partial charge in [-0.05, 0) is 13.0 Å². The number of fused-ring (bicyclic) bond motifs is 1. The summed E-state index contributed by atoms with van der Waals surface area (Å²) >= 11 is 6.36. The number of ether oxygens (including phenoxy) is 1. The molecule has 108 valence electrons. The molecule has 0 spiro atoms. The fourth-order valence-corrected chi connectivity index (χ4v) is 3.18. The lowest BCUT2D eigenvalue weighted by atomic mass is 9.74. The van der Waals surface area contributed by atoms with Gasteiger partial charge in [-0.3, -0.25) is 4.68 Å². The van der Waals surface area contributed by atoms with Crippen molar-refractivity contribution in [2.75, 3.05) is 6.61 Å². The van der Waals surface area contributed by atoms with E-state index in [9.17, 15) is 5.26 Å². The van der Waals surface area contributed by atoms with E-state index >= 15 is 0 Å². The van der Waals surface area contributed by atoms with Crippen molar-refractivity contribution >= 4 is 11.6 Å². The van der Waals surface area contributed by atoms with Crippen molar-refractivity contribution in [1.82, 2.24) is 9.78 Å². The lowest BCUT2D eigenvalue weighted by Crippen LogP contribution is -2.34. The largest absolute Gasteiger partial charge is 0.493 e. The summed E-state index contributed by atoms with van der Waals surface area (Å²) in [5.74, 6) is 0.792. The minimum atomic E-state index is -0.612. The Bertz CT molecular complexity index is 732. The molecule has 3 rings (SSSR count). The van der Waals surface area contributed by atoms with Gasteiger partial charge >= 0.3 is 0 Å². The van der Waals surface area contributed by atoms with E-state index in [-0.39, 0.29) is 0 Å². The summed E-state index contributed by atoms with van der Waals surface area (Å²) < 4.78 is 7.45. The summed E-state index contributed by atoms with van der Waals surface area (Å²) in [6, 6.07) is 10.3. The fraction of sp³-hybridized carbons (Fsp3) is 0.375. The maximum absolute atomic E-state index is 9.86. The quantitative estimate of drug-likeness (QED) is 0.856. The third-order valence-corrected chi connectivity index (χ3v) is 4.63. The monoisotopic (exact) mass is 301 g/mol. The van der Waals surface area contributed by atoms with E-state index < -0.39 is 5.41 Å². The molecule has 0 amide bonds. The van der Waals surface area contributed by atoms with E-state index in [1.807, 2.05) is 38.2 Å². The molecule has 1 aromatic heterocycles. The van der Waals surface area contributed by atoms with Crippen molar-refractivity contribution < 1.29 is 4.74 Å². The molecule has 21 heavy (non-hydrogen) atoms. The highest BCUT2D eigenvalue weighted by atomic mass is 35.5. The number of aromatic nitrogens is 2. The highest BCUT2D eigenvalue weighted by Gasteiger charge is 2.39. The third kappa shape index (κ3) is 2.18. The molecule has 2 heterocycles. The van der Waals surface area contributed by atoms with E-state index in [0.717, 1.165) is 22.7 Å². The van der Waals surface area contributed by atoms with Crippen LogP contribution >= 0.6 is 11.6 Å². The summed E-state index contributed by atoms with van der Waals surface area (Å²) in [6.07, 6.45) is 1.20. The first-order chi connectivity index (χ1) is 10.1. The number of nitriles is 1. The van der Waals surface area contributed by atoms with E-state index in [1.165, 1.54) is 0 Å². The lowest BCUT2D eigenvalue weighted by Gasteiger charge is -2.33. The number of nitrogens with zero attached hydrogens (tertiary/aromatic N) is 3. The van der Waals surface area contributed by atoms with Gasteiger partial charge in [0.15, 0.2) is 0 Å². The summed E-state index contributed by atoms with van der Waals surface area (Å²) in [6.45, 7) is 2.42. The van der Waals surface area contributed by atoms with Gasteiger partial charge in [0.05, 0.1) is 34.5 Å². The van der Waals surface area contributed by atoms with Crippen LogP contribution in [-0.2, 0) is 18.9 Å². The maximum atomic E-state index is 9.86. The Hall–Kier alpha value is -1.99. The second kappa shape index (κ2) is 5.09. The molecule has 0 fully saturated rings. The van der Waals surface area contributed by atoms with Gasteiger partial charge < -0.3 is 4.74 Å². The van der Waals surface area contributed by atoms with Gasteiger partial charge in [-0.25, -0.2) is 0 Å². The number of benzene rings is 1. The number of para-hydroxylation sites is 1. The Labute approximate surface area is 128 Å². The van der Waals surface area contributed by atoms with Gasteiger partial charge in [0, 0.05) is 25.5 Å². The van der Waals surface area contributed by atoms with Gasteiger partial charge in [-0.2, -0.15) is 10.4 Å². The predicted molar refractivity (Wildman–Crippen MR) is 80.5 cm³/mol. The Balaban J connectivity index is 2.09. The van der Waals surface area contributed by atoms with E-state index in [2.05, 4.69) is 11.2 Å². The molecule has 1 aliphatic rings. The van der Waals surface area contributed by atoms with Gasteiger partial charge in [0.25, 0.3) is 0 Å². The number of hydrogen-bond acceptors (Lipinski definition) is 3. The first-order valence-corrected chi connectivity index (χ1v) is 7.27. The topological polar surface area (TPSA) is 50.8 Å². The molecule has 0 aliphatic carbocycles. The number of halogens is 1. The van der Waals surface area contributed by atoms with Crippen LogP contribution in [0.1, 0.15) is 23.4 Å². The molecular formula is C16H16ClN3O. The summed E-state index contributed by atoms with van der Waals surface area (Å²) in [4.78, 5) is 0. The van der Waals surface area contributed by atoms with Crippen molar-refractivity contribution in [3.8, 4) is 11.8 Å². The lowest BCUT2D eigenvalue weighted by molar-refractivity contribution is 0.240. The first kappa shape index (κ1) is 14.0. The average Bonchev–Trinajstić information content (AvgIpc) is 2.74. The molecule has 0 bridgehead atoms. The second-order valence-corrected chi connectivity index (χ2v) is 5.81. The Morgan fingerprint density at radius 2 is 2.24 bits per heavy atom. The molecule has 0 saturated carbocycles. The number of aryl methyl sites for hydroxylation is 2. The van der Waals surface area contributed by atoms with Crippen LogP contribution in [0.4, 0.5) is 0 Å². The Morgan fingerprint density at radius 1 is 1.48 bits per heavy atom. The number of hydrogen-bond donors (Lipinski definition) is 0. The molecule has 4 nitrogen and oxygen atoms in total. The van der Waals surface area contributed by atoms with E-state index in [0.29, 0.717) is 24.5 Å². The zero-order valence-electron chi connectivity index (χ0n) is 12.1. The van der Waals surface area contributed by atoms with E-state index in [4.69, 9.17) is 16.3 Å². The van der Waals surface area contributed by atoms with Gasteiger partial charge in [-0.1, -0.05) is 29.8 Å². The van der Waals surface area contributed by atoms with Crippen molar-refractivity contribution in [3.05, 3.63) is 46.2 Å². The zero-order valence-corrected chi connectivity index (χ0v) is 12.8. The molecule has 2 aromatic rings. The molecule has 1 unspecified atom stereocenters. The predicted octanol–water partition coefficient (Wildman–Crippen LogP) is 3.17. The molecule has 0 radical (unpaired) electrons.